The zero-order valence-corrected chi connectivity index (χ0v) is 7.95. The second kappa shape index (κ2) is 4.25. The van der Waals surface area contributed by atoms with Crippen molar-refractivity contribution in [1.82, 2.24) is 0 Å². The molecule has 1 rings (SSSR count). The van der Waals surface area contributed by atoms with Crippen LogP contribution >= 0.6 is 11.6 Å². The Kier molecular flexibility index (Phi) is 3.28. The quantitative estimate of drug-likeness (QED) is 0.780. The number of likely N-dealkylation sites (N-methyl/N-ethyl adjacent to an activating group) is 1. The van der Waals surface area contributed by atoms with Crippen LogP contribution in [0, 0.1) is 0 Å². The Bertz CT molecular complexity index is 314. The topological polar surface area (TPSA) is 40.5 Å². The number of aliphatic hydroxyl groups is 1. The number of aliphatic hydroxyl groups excluding tert-OH is 1. The number of carbonyl (C=O) groups is 1. The zero-order valence-electron chi connectivity index (χ0n) is 7.20. The molecule has 0 aromatic heterocycles. The molecule has 1 amide bonds. The third-order valence-electron chi connectivity index (χ3n) is 1.72. The summed E-state index contributed by atoms with van der Waals surface area (Å²) < 4.78 is 0. The van der Waals surface area contributed by atoms with E-state index in [1.807, 2.05) is 0 Å². The van der Waals surface area contributed by atoms with E-state index in [9.17, 15) is 4.79 Å². The molecule has 0 spiro atoms. The number of rotatable bonds is 2. The van der Waals surface area contributed by atoms with Crippen LogP contribution in [0.5, 0.6) is 0 Å². The summed E-state index contributed by atoms with van der Waals surface area (Å²) in [5.41, 5.74) is 0.600. The number of benzene rings is 1. The fraction of sp³-hybridized carbons (Fsp3) is 0.222. The lowest BCUT2D eigenvalue weighted by Crippen LogP contribution is -2.28. The largest absolute Gasteiger partial charge is 0.387 e. The van der Waals surface area contributed by atoms with Crippen LogP contribution in [0.2, 0.25) is 5.02 Å². The number of anilines is 1. The molecule has 0 atom stereocenters. The van der Waals surface area contributed by atoms with E-state index < -0.39 is 6.61 Å². The summed E-state index contributed by atoms with van der Waals surface area (Å²) in [6.07, 6.45) is 0. The molecular weight excluding hydrogens is 190 g/mol. The molecule has 4 heteroatoms. The standard InChI is InChI=1S/C9H10ClNO2/c1-11(9(13)6-12)8-5-3-2-4-7(8)10/h2-5,12H,6H2,1H3. The molecule has 0 bridgehead atoms. The molecule has 70 valence electrons. The molecule has 3 nitrogen and oxygen atoms in total. The average Bonchev–Trinajstić information content (AvgIpc) is 2.16. The highest BCUT2D eigenvalue weighted by Crippen LogP contribution is 2.23. The van der Waals surface area contributed by atoms with Gasteiger partial charge in [0, 0.05) is 7.05 Å². The molecule has 0 aliphatic heterocycles. The van der Waals surface area contributed by atoms with Crippen molar-refractivity contribution in [3.05, 3.63) is 29.3 Å². The van der Waals surface area contributed by atoms with Crippen LogP contribution in [0.4, 0.5) is 5.69 Å². The lowest BCUT2D eigenvalue weighted by Gasteiger charge is -2.16. The second-order valence-corrected chi connectivity index (χ2v) is 2.97. The third-order valence-corrected chi connectivity index (χ3v) is 2.04. The van der Waals surface area contributed by atoms with Gasteiger partial charge in [0.25, 0.3) is 5.91 Å². The summed E-state index contributed by atoms with van der Waals surface area (Å²) in [6, 6.07) is 6.97. The van der Waals surface area contributed by atoms with Gasteiger partial charge in [0.05, 0.1) is 10.7 Å². The molecular formula is C9H10ClNO2. The highest BCUT2D eigenvalue weighted by atomic mass is 35.5. The summed E-state index contributed by atoms with van der Waals surface area (Å²) in [6.45, 7) is -0.512. The molecule has 0 aliphatic carbocycles. The zero-order chi connectivity index (χ0) is 9.84. The first-order valence-electron chi connectivity index (χ1n) is 3.78. The minimum absolute atomic E-state index is 0.381. The van der Waals surface area contributed by atoms with E-state index in [1.54, 1.807) is 31.3 Å². The minimum Gasteiger partial charge on any atom is -0.387 e. The fourth-order valence-electron chi connectivity index (χ4n) is 0.964. The SMILES string of the molecule is CN(C(=O)CO)c1ccccc1Cl. The van der Waals surface area contributed by atoms with Crippen molar-refractivity contribution in [1.29, 1.82) is 0 Å². The molecule has 0 unspecified atom stereocenters. The predicted octanol–water partition coefficient (Wildman–Crippen LogP) is 1.30. The predicted molar refractivity (Wildman–Crippen MR) is 51.9 cm³/mol. The van der Waals surface area contributed by atoms with Gasteiger partial charge in [-0.25, -0.2) is 0 Å². The Labute approximate surface area is 81.5 Å². The van der Waals surface area contributed by atoms with E-state index in [0.29, 0.717) is 10.7 Å². The van der Waals surface area contributed by atoms with E-state index in [4.69, 9.17) is 16.7 Å². The fourth-order valence-corrected chi connectivity index (χ4v) is 1.23. The summed E-state index contributed by atoms with van der Waals surface area (Å²) in [4.78, 5) is 12.4. The van der Waals surface area contributed by atoms with Gasteiger partial charge in [0.15, 0.2) is 0 Å². The van der Waals surface area contributed by atoms with Gasteiger partial charge in [-0.2, -0.15) is 0 Å². The van der Waals surface area contributed by atoms with E-state index in [0.717, 1.165) is 0 Å². The van der Waals surface area contributed by atoms with Gasteiger partial charge in [-0.05, 0) is 12.1 Å². The van der Waals surface area contributed by atoms with Gasteiger partial charge in [-0.15, -0.1) is 0 Å². The average molecular weight is 200 g/mol. The van der Waals surface area contributed by atoms with Crippen LogP contribution in [0.1, 0.15) is 0 Å². The highest BCUT2D eigenvalue weighted by Gasteiger charge is 2.11. The summed E-state index contributed by atoms with van der Waals surface area (Å²) >= 11 is 5.84. The van der Waals surface area contributed by atoms with Gasteiger partial charge in [-0.3, -0.25) is 4.79 Å². The number of hydrogen-bond donors (Lipinski definition) is 1. The summed E-state index contributed by atoms with van der Waals surface area (Å²) in [7, 11) is 1.57. The molecule has 0 fully saturated rings. The first-order valence-corrected chi connectivity index (χ1v) is 4.16. The Balaban J connectivity index is 2.95. The smallest absolute Gasteiger partial charge is 0.252 e. The number of para-hydroxylation sites is 1. The van der Waals surface area contributed by atoms with Crippen LogP contribution < -0.4 is 4.90 Å². The van der Waals surface area contributed by atoms with Crippen molar-refractivity contribution in [2.24, 2.45) is 0 Å². The molecule has 0 saturated carbocycles. The van der Waals surface area contributed by atoms with E-state index in [1.165, 1.54) is 4.90 Å². The number of halogens is 1. The van der Waals surface area contributed by atoms with Crippen LogP contribution in [-0.4, -0.2) is 24.7 Å². The van der Waals surface area contributed by atoms with Gasteiger partial charge >= 0.3 is 0 Å². The first kappa shape index (κ1) is 10.0. The monoisotopic (exact) mass is 199 g/mol. The minimum atomic E-state index is -0.512. The van der Waals surface area contributed by atoms with E-state index in [2.05, 4.69) is 0 Å². The van der Waals surface area contributed by atoms with Crippen LogP contribution in [-0.2, 0) is 4.79 Å². The lowest BCUT2D eigenvalue weighted by molar-refractivity contribution is -0.120. The number of hydrogen-bond acceptors (Lipinski definition) is 2. The Morgan fingerprint density at radius 3 is 2.69 bits per heavy atom. The van der Waals surface area contributed by atoms with Gasteiger partial charge < -0.3 is 10.0 Å². The first-order chi connectivity index (χ1) is 6.16. The lowest BCUT2D eigenvalue weighted by atomic mass is 10.3. The molecule has 0 aliphatic rings. The van der Waals surface area contributed by atoms with Crippen molar-refractivity contribution in [3.63, 3.8) is 0 Å². The molecule has 0 radical (unpaired) electrons. The Morgan fingerprint density at radius 2 is 2.15 bits per heavy atom. The summed E-state index contributed by atoms with van der Waals surface area (Å²) in [5, 5.41) is 9.12. The maximum Gasteiger partial charge on any atom is 0.252 e. The highest BCUT2D eigenvalue weighted by molar-refractivity contribution is 6.33. The van der Waals surface area contributed by atoms with Crippen molar-refractivity contribution in [2.45, 2.75) is 0 Å². The normalized spacial score (nSPS) is 9.77. The van der Waals surface area contributed by atoms with Crippen molar-refractivity contribution in [3.8, 4) is 0 Å². The van der Waals surface area contributed by atoms with E-state index >= 15 is 0 Å². The number of nitrogens with zero attached hydrogens (tertiary/aromatic N) is 1. The van der Waals surface area contributed by atoms with Crippen LogP contribution in [0.15, 0.2) is 24.3 Å². The third kappa shape index (κ3) is 2.20. The molecule has 13 heavy (non-hydrogen) atoms. The second-order valence-electron chi connectivity index (χ2n) is 2.56. The summed E-state index contributed by atoms with van der Waals surface area (Å²) in [5.74, 6) is -0.381. The van der Waals surface area contributed by atoms with Crippen molar-refractivity contribution >= 4 is 23.2 Å². The van der Waals surface area contributed by atoms with Crippen molar-refractivity contribution in [2.75, 3.05) is 18.6 Å². The molecule has 0 heterocycles. The maximum atomic E-state index is 11.1. The molecule has 1 aromatic carbocycles. The van der Waals surface area contributed by atoms with Crippen LogP contribution in [0.25, 0.3) is 0 Å². The van der Waals surface area contributed by atoms with E-state index in [-0.39, 0.29) is 5.91 Å². The molecule has 1 aromatic rings. The number of carbonyl (C=O) groups excluding carboxylic acids is 1. The van der Waals surface area contributed by atoms with Crippen LogP contribution in [0.3, 0.4) is 0 Å². The Morgan fingerprint density at radius 1 is 1.54 bits per heavy atom. The molecule has 1 N–H and O–H groups in total. The maximum absolute atomic E-state index is 11.1. The molecule has 0 saturated heterocycles. The number of amides is 1. The Hall–Kier alpha value is -1.06. The van der Waals surface area contributed by atoms with Gasteiger partial charge in [0.1, 0.15) is 6.61 Å². The van der Waals surface area contributed by atoms with Crippen molar-refractivity contribution < 1.29 is 9.90 Å². The van der Waals surface area contributed by atoms with Gasteiger partial charge in [-0.1, -0.05) is 23.7 Å². The van der Waals surface area contributed by atoms with Gasteiger partial charge in [0.2, 0.25) is 0 Å².